The number of aromatic nitrogens is 3. The summed E-state index contributed by atoms with van der Waals surface area (Å²) in [6, 6.07) is 3.76. The number of carbonyl (C=O) groups is 1. The fourth-order valence-corrected chi connectivity index (χ4v) is 2.22. The molecule has 0 atom stereocenters. The first-order valence-corrected chi connectivity index (χ1v) is 6.89. The molecule has 0 spiro atoms. The molecular formula is C14H18N4O2. The molecule has 2 heterocycles. The van der Waals surface area contributed by atoms with Crippen LogP contribution in [0.25, 0.3) is 0 Å². The van der Waals surface area contributed by atoms with Gasteiger partial charge in [0.2, 0.25) is 0 Å². The van der Waals surface area contributed by atoms with Gasteiger partial charge in [0.05, 0.1) is 12.2 Å². The number of nitrogens with one attached hydrogen (secondary N) is 1. The van der Waals surface area contributed by atoms with E-state index in [4.69, 9.17) is 4.52 Å². The van der Waals surface area contributed by atoms with E-state index in [9.17, 15) is 4.79 Å². The van der Waals surface area contributed by atoms with Crippen molar-refractivity contribution in [3.63, 3.8) is 0 Å². The number of amides is 1. The molecule has 6 nitrogen and oxygen atoms in total. The van der Waals surface area contributed by atoms with Gasteiger partial charge in [-0.1, -0.05) is 5.16 Å². The third kappa shape index (κ3) is 2.74. The Bertz CT molecular complexity index is 625. The molecule has 2 aromatic heterocycles. The fraction of sp³-hybridized carbons (Fsp3) is 0.500. The number of aryl methyl sites for hydroxylation is 2. The second-order valence-electron chi connectivity index (χ2n) is 5.29. The zero-order chi connectivity index (χ0) is 14.1. The molecule has 1 amide bonds. The van der Waals surface area contributed by atoms with E-state index in [0.717, 1.165) is 30.0 Å². The Kier molecular flexibility index (Phi) is 3.30. The maximum atomic E-state index is 11.9. The second kappa shape index (κ2) is 5.11. The Morgan fingerprint density at radius 2 is 2.25 bits per heavy atom. The van der Waals surface area contributed by atoms with Gasteiger partial charge in [0.15, 0.2) is 5.69 Å². The van der Waals surface area contributed by atoms with Crippen LogP contribution in [0.2, 0.25) is 0 Å². The lowest BCUT2D eigenvalue weighted by Crippen LogP contribution is -2.28. The Hall–Kier alpha value is -2.11. The van der Waals surface area contributed by atoms with E-state index in [1.165, 1.54) is 0 Å². The molecule has 0 unspecified atom stereocenters. The van der Waals surface area contributed by atoms with Gasteiger partial charge in [0.1, 0.15) is 5.76 Å². The van der Waals surface area contributed by atoms with Crippen LogP contribution in [0.3, 0.4) is 0 Å². The summed E-state index contributed by atoms with van der Waals surface area (Å²) < 4.78 is 7.05. The van der Waals surface area contributed by atoms with Crippen molar-refractivity contribution < 1.29 is 9.32 Å². The average molecular weight is 274 g/mol. The summed E-state index contributed by atoms with van der Waals surface area (Å²) in [5.41, 5.74) is 2.44. The van der Waals surface area contributed by atoms with Crippen molar-refractivity contribution in [1.29, 1.82) is 0 Å². The summed E-state index contributed by atoms with van der Waals surface area (Å²) in [6.07, 6.45) is 2.27. The Labute approximate surface area is 117 Å². The zero-order valence-corrected chi connectivity index (χ0v) is 11.7. The lowest BCUT2D eigenvalue weighted by molar-refractivity contribution is 0.0942. The standard InChI is InChI=1S/C14H18N4O2/c1-9-7-10(2)18(16-9)6-5-15-14(19)12-8-13(20-17-12)11-3-4-11/h7-8,11H,3-6H2,1-2H3,(H,15,19). The molecular weight excluding hydrogens is 256 g/mol. The van der Waals surface area contributed by atoms with Crippen molar-refractivity contribution in [2.75, 3.05) is 6.54 Å². The highest BCUT2D eigenvalue weighted by Crippen LogP contribution is 2.40. The molecule has 1 aliphatic rings. The van der Waals surface area contributed by atoms with E-state index in [-0.39, 0.29) is 5.91 Å². The molecule has 106 valence electrons. The number of hydrogen-bond acceptors (Lipinski definition) is 4. The van der Waals surface area contributed by atoms with Gasteiger partial charge in [0, 0.05) is 24.2 Å². The molecule has 1 aliphatic carbocycles. The third-order valence-corrected chi connectivity index (χ3v) is 3.45. The predicted octanol–water partition coefficient (Wildman–Crippen LogP) is 1.80. The smallest absolute Gasteiger partial charge is 0.273 e. The van der Waals surface area contributed by atoms with Crippen LogP contribution < -0.4 is 5.32 Å². The van der Waals surface area contributed by atoms with Crippen LogP contribution in [0.5, 0.6) is 0 Å². The maximum absolute atomic E-state index is 11.9. The van der Waals surface area contributed by atoms with Crippen molar-refractivity contribution in [2.45, 2.75) is 39.2 Å². The molecule has 1 fully saturated rings. The van der Waals surface area contributed by atoms with E-state index in [2.05, 4.69) is 15.6 Å². The topological polar surface area (TPSA) is 73.0 Å². The van der Waals surface area contributed by atoms with Crippen LogP contribution in [-0.4, -0.2) is 27.4 Å². The van der Waals surface area contributed by atoms with Crippen LogP contribution in [0.4, 0.5) is 0 Å². The molecule has 20 heavy (non-hydrogen) atoms. The lowest BCUT2D eigenvalue weighted by Gasteiger charge is -2.05. The van der Waals surface area contributed by atoms with Gasteiger partial charge in [-0.15, -0.1) is 0 Å². The maximum Gasteiger partial charge on any atom is 0.273 e. The summed E-state index contributed by atoms with van der Waals surface area (Å²) in [6.45, 7) is 5.13. The van der Waals surface area contributed by atoms with Crippen LogP contribution in [0, 0.1) is 13.8 Å². The highest BCUT2D eigenvalue weighted by Gasteiger charge is 2.28. The second-order valence-corrected chi connectivity index (χ2v) is 5.29. The monoisotopic (exact) mass is 274 g/mol. The first-order valence-electron chi connectivity index (χ1n) is 6.89. The molecule has 0 saturated heterocycles. The molecule has 3 rings (SSSR count). The third-order valence-electron chi connectivity index (χ3n) is 3.45. The van der Waals surface area contributed by atoms with E-state index >= 15 is 0 Å². The van der Waals surface area contributed by atoms with E-state index in [1.807, 2.05) is 24.6 Å². The predicted molar refractivity (Wildman–Crippen MR) is 72.5 cm³/mol. The summed E-state index contributed by atoms with van der Waals surface area (Å²) in [5, 5.41) is 11.0. The number of hydrogen-bond donors (Lipinski definition) is 1. The normalized spacial score (nSPS) is 14.5. The quantitative estimate of drug-likeness (QED) is 0.902. The van der Waals surface area contributed by atoms with Gasteiger partial charge >= 0.3 is 0 Å². The molecule has 0 radical (unpaired) electrons. The minimum Gasteiger partial charge on any atom is -0.360 e. The van der Waals surface area contributed by atoms with Crippen LogP contribution in [0.1, 0.15) is 46.4 Å². The highest BCUT2D eigenvalue weighted by molar-refractivity contribution is 5.92. The molecule has 0 aromatic carbocycles. The lowest BCUT2D eigenvalue weighted by atomic mass is 10.3. The van der Waals surface area contributed by atoms with E-state index < -0.39 is 0 Å². The molecule has 2 aromatic rings. The minimum atomic E-state index is -0.192. The van der Waals surface area contributed by atoms with E-state index in [0.29, 0.717) is 24.7 Å². The number of carbonyl (C=O) groups excluding carboxylic acids is 1. The van der Waals surface area contributed by atoms with Gasteiger partial charge in [-0.25, -0.2) is 0 Å². The Balaban J connectivity index is 1.52. The van der Waals surface area contributed by atoms with Crippen molar-refractivity contribution in [3.05, 3.63) is 35.0 Å². The van der Waals surface area contributed by atoms with Crippen molar-refractivity contribution in [1.82, 2.24) is 20.3 Å². The van der Waals surface area contributed by atoms with Crippen molar-refractivity contribution in [2.24, 2.45) is 0 Å². The zero-order valence-electron chi connectivity index (χ0n) is 11.7. The Morgan fingerprint density at radius 1 is 1.45 bits per heavy atom. The number of nitrogens with zero attached hydrogens (tertiary/aromatic N) is 3. The first kappa shape index (κ1) is 12.9. The molecule has 1 N–H and O–H groups in total. The summed E-state index contributed by atoms with van der Waals surface area (Å²) in [7, 11) is 0. The van der Waals surface area contributed by atoms with Gasteiger partial charge in [-0.05, 0) is 32.8 Å². The van der Waals surface area contributed by atoms with Crippen LogP contribution >= 0.6 is 0 Å². The van der Waals surface area contributed by atoms with E-state index in [1.54, 1.807) is 6.07 Å². The summed E-state index contributed by atoms with van der Waals surface area (Å²) in [4.78, 5) is 11.9. The average Bonchev–Trinajstić information content (AvgIpc) is 3.05. The van der Waals surface area contributed by atoms with Gasteiger partial charge in [0.25, 0.3) is 5.91 Å². The minimum absolute atomic E-state index is 0.192. The summed E-state index contributed by atoms with van der Waals surface area (Å²) in [5.74, 6) is 1.11. The van der Waals surface area contributed by atoms with Crippen LogP contribution in [-0.2, 0) is 6.54 Å². The molecule has 6 heteroatoms. The van der Waals surface area contributed by atoms with Crippen molar-refractivity contribution >= 4 is 5.91 Å². The van der Waals surface area contributed by atoms with Gasteiger partial charge < -0.3 is 9.84 Å². The van der Waals surface area contributed by atoms with Crippen LogP contribution in [0.15, 0.2) is 16.7 Å². The molecule has 0 aliphatic heterocycles. The Morgan fingerprint density at radius 3 is 2.90 bits per heavy atom. The largest absolute Gasteiger partial charge is 0.360 e. The summed E-state index contributed by atoms with van der Waals surface area (Å²) >= 11 is 0. The van der Waals surface area contributed by atoms with Gasteiger partial charge in [-0.3, -0.25) is 9.48 Å². The number of rotatable bonds is 5. The SMILES string of the molecule is Cc1cc(C)n(CCNC(=O)c2cc(C3CC3)on2)n1. The molecule has 1 saturated carbocycles. The highest BCUT2D eigenvalue weighted by atomic mass is 16.5. The van der Waals surface area contributed by atoms with Gasteiger partial charge in [-0.2, -0.15) is 5.10 Å². The first-order chi connectivity index (χ1) is 9.63. The fourth-order valence-electron chi connectivity index (χ4n) is 2.22. The van der Waals surface area contributed by atoms with Crippen molar-refractivity contribution in [3.8, 4) is 0 Å². The molecule has 0 bridgehead atoms.